The van der Waals surface area contributed by atoms with E-state index in [0.717, 1.165) is 47.3 Å². The van der Waals surface area contributed by atoms with Gasteiger partial charge >= 0.3 is 11.9 Å². The second-order valence-electron chi connectivity index (χ2n) is 10.4. The van der Waals surface area contributed by atoms with Gasteiger partial charge in [0.25, 0.3) is 5.91 Å². The first-order valence-electron chi connectivity index (χ1n) is 14.5. The van der Waals surface area contributed by atoms with Crippen LogP contribution in [0.15, 0.2) is 54.6 Å². The molecule has 0 fully saturated rings. The van der Waals surface area contributed by atoms with Crippen LogP contribution in [0, 0.1) is 0 Å². The summed E-state index contributed by atoms with van der Waals surface area (Å²) in [5.41, 5.74) is 8.00. The highest BCUT2D eigenvalue weighted by atomic mass is 16.7. The van der Waals surface area contributed by atoms with Gasteiger partial charge in [-0.2, -0.15) is 0 Å². The van der Waals surface area contributed by atoms with Crippen molar-refractivity contribution in [2.24, 2.45) is 0 Å². The number of aromatic nitrogens is 2. The number of H-pyrrole nitrogens is 1. The second kappa shape index (κ2) is 15.0. The third-order valence-corrected chi connectivity index (χ3v) is 7.21. The van der Waals surface area contributed by atoms with E-state index in [1.54, 1.807) is 12.1 Å². The monoisotopic (exact) mass is 574 g/mol. The number of nitrogens with one attached hydrogen (secondary N) is 3. The van der Waals surface area contributed by atoms with Crippen molar-refractivity contribution in [1.82, 2.24) is 20.8 Å². The molecule has 0 radical (unpaired) electrons. The largest absolute Gasteiger partial charge is 0.480 e. The summed E-state index contributed by atoms with van der Waals surface area (Å²) in [6.07, 6.45) is 11.1. The third-order valence-electron chi connectivity index (χ3n) is 7.21. The van der Waals surface area contributed by atoms with Crippen LogP contribution in [0.3, 0.4) is 0 Å². The summed E-state index contributed by atoms with van der Waals surface area (Å²) in [4.78, 5) is 47.7. The number of carbonyl (C=O) groups excluding carboxylic acids is 1. The lowest BCUT2D eigenvalue weighted by molar-refractivity contribution is -0.148. The molecule has 2 heterocycles. The molecule has 2 aromatic carbocycles. The van der Waals surface area contributed by atoms with Gasteiger partial charge in [-0.1, -0.05) is 88.3 Å². The Morgan fingerprint density at radius 3 is 2.10 bits per heavy atom. The number of hydrogen-bond donors (Lipinski definition) is 5. The van der Waals surface area contributed by atoms with Crippen LogP contribution < -0.4 is 10.8 Å². The van der Waals surface area contributed by atoms with E-state index < -0.39 is 30.5 Å². The van der Waals surface area contributed by atoms with Gasteiger partial charge in [0.15, 0.2) is 0 Å². The molecular weight excluding hydrogens is 536 g/mol. The number of carboxylic acids is 2. The molecule has 1 amide bonds. The molecule has 0 bridgehead atoms. The molecule has 42 heavy (non-hydrogen) atoms. The molecule has 5 N–H and O–H groups in total. The van der Waals surface area contributed by atoms with Gasteiger partial charge in [-0.3, -0.25) is 19.9 Å². The predicted molar refractivity (Wildman–Crippen MR) is 159 cm³/mol. The molecule has 4 rings (SSSR count). The molecule has 1 atom stereocenters. The average molecular weight is 575 g/mol. The summed E-state index contributed by atoms with van der Waals surface area (Å²) in [6, 6.07) is 14.6. The minimum atomic E-state index is -1.10. The first-order chi connectivity index (χ1) is 20.4. The number of aromatic amines is 1. The van der Waals surface area contributed by atoms with E-state index in [1.165, 1.54) is 44.6 Å². The van der Waals surface area contributed by atoms with Crippen molar-refractivity contribution >= 4 is 23.5 Å². The van der Waals surface area contributed by atoms with E-state index >= 15 is 0 Å². The highest BCUT2D eigenvalue weighted by molar-refractivity contribution is 5.96. The quantitative estimate of drug-likeness (QED) is 0.139. The lowest BCUT2D eigenvalue weighted by Crippen LogP contribution is -2.29. The van der Waals surface area contributed by atoms with E-state index in [9.17, 15) is 14.4 Å². The van der Waals surface area contributed by atoms with Crippen molar-refractivity contribution in [2.75, 3.05) is 6.54 Å². The fraction of sp³-hybridized carbons (Fsp3) is 0.375. The highest BCUT2D eigenvalue weighted by Gasteiger charge is 2.24. The lowest BCUT2D eigenvalue weighted by atomic mass is 10.0. The zero-order chi connectivity index (χ0) is 29.9. The number of rotatable bonds is 16. The molecular formula is C32H38N4O6. The fourth-order valence-corrected chi connectivity index (χ4v) is 4.87. The molecule has 0 spiro atoms. The van der Waals surface area contributed by atoms with Crippen molar-refractivity contribution < 1.29 is 29.4 Å². The summed E-state index contributed by atoms with van der Waals surface area (Å²) in [6.45, 7) is 1.79. The topological polar surface area (TPSA) is 154 Å². The first-order valence-corrected chi connectivity index (χ1v) is 14.5. The molecule has 1 aliphatic heterocycles. The number of aliphatic carboxylic acids is 2. The van der Waals surface area contributed by atoms with E-state index in [-0.39, 0.29) is 0 Å². The van der Waals surface area contributed by atoms with Crippen molar-refractivity contribution in [2.45, 2.75) is 70.8 Å². The summed E-state index contributed by atoms with van der Waals surface area (Å²) in [5, 5.41) is 20.4. The normalized spacial score (nSPS) is 14.3. The van der Waals surface area contributed by atoms with Gasteiger partial charge in [0.1, 0.15) is 12.4 Å². The minimum absolute atomic E-state index is 0.375. The first kappa shape index (κ1) is 30.5. The van der Waals surface area contributed by atoms with Gasteiger partial charge in [-0.15, -0.1) is 0 Å². The van der Waals surface area contributed by atoms with Crippen LogP contribution in [0.2, 0.25) is 0 Å². The van der Waals surface area contributed by atoms with Gasteiger partial charge in [0.2, 0.25) is 6.10 Å². The lowest BCUT2D eigenvalue weighted by Gasteiger charge is -2.06. The van der Waals surface area contributed by atoms with Gasteiger partial charge in [-0.25, -0.2) is 9.78 Å². The number of carbonyl (C=O) groups is 3. The maximum absolute atomic E-state index is 12.3. The molecule has 10 heteroatoms. The predicted octanol–water partition coefficient (Wildman–Crippen LogP) is 5.57. The van der Waals surface area contributed by atoms with Crippen LogP contribution in [0.4, 0.5) is 0 Å². The number of carboxylic acid groups (broad SMARTS) is 2. The van der Waals surface area contributed by atoms with Crippen LogP contribution in [-0.2, 0) is 20.8 Å². The van der Waals surface area contributed by atoms with Crippen molar-refractivity contribution in [3.8, 4) is 22.6 Å². The van der Waals surface area contributed by atoms with E-state index in [1.807, 2.05) is 36.4 Å². The average Bonchev–Trinajstić information content (AvgIpc) is 3.66. The molecule has 3 aromatic rings. The zero-order valence-corrected chi connectivity index (χ0v) is 23.8. The highest BCUT2D eigenvalue weighted by Crippen LogP contribution is 2.29. The van der Waals surface area contributed by atoms with Crippen LogP contribution in [-0.4, -0.2) is 50.7 Å². The standard InChI is InChI=1S/C32H38N4O6/c1-2-3-4-5-6-7-8-9-10-25-29(22-13-17-24(18-14-22)31(39)33-20-28(37)38)35-30(34-25)23-15-11-21(12-16-23)26-19-27(32(40)41)42-36-26/h11-19,27,36H,2-10,20H2,1H3,(H,33,39)(H,34,35)(H,37,38)(H,40,41). The zero-order valence-electron chi connectivity index (χ0n) is 23.8. The Kier molecular flexibility index (Phi) is 10.9. The summed E-state index contributed by atoms with van der Waals surface area (Å²) >= 11 is 0. The number of imidazole rings is 1. The number of benzene rings is 2. The Morgan fingerprint density at radius 2 is 1.48 bits per heavy atom. The van der Waals surface area contributed by atoms with Gasteiger partial charge in [0.05, 0.1) is 11.4 Å². The van der Waals surface area contributed by atoms with Crippen LogP contribution in [0.1, 0.15) is 79.9 Å². The smallest absolute Gasteiger partial charge is 0.339 e. The minimum Gasteiger partial charge on any atom is -0.480 e. The molecule has 222 valence electrons. The summed E-state index contributed by atoms with van der Waals surface area (Å²) < 4.78 is 0. The van der Waals surface area contributed by atoms with Gasteiger partial charge in [0, 0.05) is 22.4 Å². The number of unbranched alkanes of at least 4 members (excludes halogenated alkanes) is 7. The van der Waals surface area contributed by atoms with Crippen molar-refractivity contribution in [1.29, 1.82) is 0 Å². The van der Waals surface area contributed by atoms with E-state index in [4.69, 9.17) is 20.0 Å². The van der Waals surface area contributed by atoms with Crippen molar-refractivity contribution in [3.63, 3.8) is 0 Å². The Bertz CT molecular complexity index is 1400. The number of nitrogens with zero attached hydrogens (tertiary/aromatic N) is 1. The third kappa shape index (κ3) is 8.29. The number of hydroxylamine groups is 1. The number of amides is 1. The summed E-state index contributed by atoms with van der Waals surface area (Å²) in [5.74, 6) is -1.90. The maximum atomic E-state index is 12.3. The molecule has 10 nitrogen and oxygen atoms in total. The molecule has 1 aromatic heterocycles. The summed E-state index contributed by atoms with van der Waals surface area (Å²) in [7, 11) is 0. The SMILES string of the molecule is CCCCCCCCCCc1[nH]c(-c2ccc(C3=CC(C(=O)O)ON3)cc2)nc1-c1ccc(C(=O)NCC(=O)O)cc1. The number of aryl methyl sites for hydroxylation is 1. The Hall–Kier alpha value is -4.44. The van der Waals surface area contributed by atoms with Crippen LogP contribution in [0.25, 0.3) is 28.3 Å². The van der Waals surface area contributed by atoms with E-state index in [2.05, 4.69) is 22.7 Å². The fourth-order valence-electron chi connectivity index (χ4n) is 4.87. The van der Waals surface area contributed by atoms with Crippen LogP contribution in [0.5, 0.6) is 0 Å². The Labute approximate surface area is 245 Å². The second-order valence-corrected chi connectivity index (χ2v) is 10.4. The van der Waals surface area contributed by atoms with Crippen LogP contribution >= 0.6 is 0 Å². The Morgan fingerprint density at radius 1 is 0.857 bits per heavy atom. The van der Waals surface area contributed by atoms with Gasteiger partial charge < -0.3 is 20.5 Å². The molecule has 0 saturated heterocycles. The molecule has 0 aliphatic carbocycles. The van der Waals surface area contributed by atoms with E-state index in [0.29, 0.717) is 17.1 Å². The van der Waals surface area contributed by atoms with Crippen molar-refractivity contribution in [3.05, 3.63) is 71.4 Å². The molecule has 0 saturated carbocycles. The molecule has 1 unspecified atom stereocenters. The molecule has 1 aliphatic rings. The Balaban J connectivity index is 1.50. The van der Waals surface area contributed by atoms with Gasteiger partial charge in [-0.05, 0) is 36.6 Å². The number of hydrogen-bond acceptors (Lipinski definition) is 6. The maximum Gasteiger partial charge on any atom is 0.339 e.